The summed E-state index contributed by atoms with van der Waals surface area (Å²) in [5.41, 5.74) is 2.77. The average Bonchev–Trinajstić information content (AvgIpc) is 3.41. The highest BCUT2D eigenvalue weighted by molar-refractivity contribution is 8.00. The van der Waals surface area contributed by atoms with Gasteiger partial charge < -0.3 is 10.1 Å². The molecule has 1 aromatic heterocycles. The molecule has 3 aromatic carbocycles. The molecule has 3 amide bonds. The number of aryl methyl sites for hydroxylation is 1. The van der Waals surface area contributed by atoms with E-state index in [-0.39, 0.29) is 29.1 Å². The Hall–Kier alpha value is -3.86. The molecule has 3 heterocycles. The summed E-state index contributed by atoms with van der Waals surface area (Å²) < 4.78 is 6.64. The van der Waals surface area contributed by atoms with Crippen molar-refractivity contribution in [3.63, 3.8) is 0 Å². The largest absolute Gasteiger partial charge is 0.497 e. The van der Waals surface area contributed by atoms with Gasteiger partial charge in [0.1, 0.15) is 17.5 Å². The van der Waals surface area contributed by atoms with Crippen LogP contribution in [0.5, 0.6) is 5.75 Å². The molecule has 6 rings (SSSR count). The number of amides is 3. The zero-order chi connectivity index (χ0) is 28.8. The van der Waals surface area contributed by atoms with E-state index >= 15 is 0 Å². The summed E-state index contributed by atoms with van der Waals surface area (Å²) in [6.07, 6.45) is 0. The first-order chi connectivity index (χ1) is 19.8. The number of nitrogens with zero attached hydrogens (tertiary/aromatic N) is 2. The van der Waals surface area contributed by atoms with Crippen LogP contribution in [0.3, 0.4) is 0 Å². The molecule has 2 aliphatic heterocycles. The number of carbonyl (C=O) groups is 3. The third kappa shape index (κ3) is 4.86. The van der Waals surface area contributed by atoms with E-state index in [0.717, 1.165) is 22.5 Å². The van der Waals surface area contributed by atoms with E-state index < -0.39 is 17.1 Å². The standard InChI is InChI=1S/C30H24ClN3O5S2/c1-16-5-3-4-6-21(16)32-22(35)15-33-29-26(41-30(33)38)23(17-7-9-18(31)10-8-17)24-25(40-29)28(37)34(27(24)36)19-11-13-20(39-2)14-12-19/h3-14,23-25H,15H2,1-2H3,(H,32,35). The molecule has 1 saturated heterocycles. The molecule has 3 unspecified atom stereocenters. The van der Waals surface area contributed by atoms with E-state index in [0.29, 0.717) is 32.1 Å². The van der Waals surface area contributed by atoms with Crippen LogP contribution in [0.4, 0.5) is 11.4 Å². The minimum absolute atomic E-state index is 0.221. The number of imide groups is 1. The van der Waals surface area contributed by atoms with Crippen LogP contribution in [0.1, 0.15) is 21.9 Å². The minimum Gasteiger partial charge on any atom is -0.497 e. The van der Waals surface area contributed by atoms with Crippen molar-refractivity contribution in [1.82, 2.24) is 4.57 Å². The van der Waals surface area contributed by atoms with Gasteiger partial charge >= 0.3 is 4.87 Å². The van der Waals surface area contributed by atoms with Crippen LogP contribution in [0.2, 0.25) is 5.02 Å². The number of carbonyl (C=O) groups excluding carboxylic acids is 3. The van der Waals surface area contributed by atoms with Crippen LogP contribution in [0.15, 0.2) is 82.6 Å². The van der Waals surface area contributed by atoms with Crippen LogP contribution >= 0.6 is 34.7 Å². The van der Waals surface area contributed by atoms with Crippen molar-refractivity contribution >= 4 is 63.8 Å². The first-order valence-electron chi connectivity index (χ1n) is 12.8. The number of rotatable bonds is 6. The number of thioether (sulfide) groups is 1. The maximum absolute atomic E-state index is 14.0. The lowest BCUT2D eigenvalue weighted by Crippen LogP contribution is -2.33. The number of nitrogens with one attached hydrogen (secondary N) is 1. The molecule has 8 nitrogen and oxygen atoms in total. The zero-order valence-corrected chi connectivity index (χ0v) is 24.4. The third-order valence-electron chi connectivity index (χ3n) is 7.33. The van der Waals surface area contributed by atoms with Gasteiger partial charge in [-0.3, -0.25) is 23.7 Å². The number of halogens is 1. The summed E-state index contributed by atoms with van der Waals surface area (Å²) in [6, 6.07) is 21.2. The van der Waals surface area contributed by atoms with E-state index in [1.807, 2.05) is 37.3 Å². The van der Waals surface area contributed by atoms with Gasteiger partial charge in [0.15, 0.2) is 0 Å². The van der Waals surface area contributed by atoms with Gasteiger partial charge in [0.05, 0.1) is 23.7 Å². The fourth-order valence-electron chi connectivity index (χ4n) is 5.32. The Morgan fingerprint density at radius 1 is 0.976 bits per heavy atom. The van der Waals surface area contributed by atoms with Crippen LogP contribution in [-0.4, -0.2) is 34.6 Å². The molecule has 1 N–H and O–H groups in total. The maximum atomic E-state index is 14.0. The fraction of sp³-hybridized carbons (Fsp3) is 0.200. The highest BCUT2D eigenvalue weighted by Gasteiger charge is 2.56. The lowest BCUT2D eigenvalue weighted by molar-refractivity contribution is -0.122. The molecule has 0 radical (unpaired) electrons. The lowest BCUT2D eigenvalue weighted by Gasteiger charge is -2.30. The van der Waals surface area contributed by atoms with Gasteiger partial charge in [-0.15, -0.1) is 0 Å². The topological polar surface area (TPSA) is 97.7 Å². The second-order valence-electron chi connectivity index (χ2n) is 9.79. The molecular weight excluding hydrogens is 582 g/mol. The number of anilines is 2. The number of hydrogen-bond acceptors (Lipinski definition) is 7. The molecule has 41 heavy (non-hydrogen) atoms. The van der Waals surface area contributed by atoms with E-state index in [4.69, 9.17) is 16.3 Å². The zero-order valence-electron chi connectivity index (χ0n) is 22.0. The van der Waals surface area contributed by atoms with Gasteiger partial charge in [-0.2, -0.15) is 0 Å². The number of benzene rings is 3. The summed E-state index contributed by atoms with van der Waals surface area (Å²) in [4.78, 5) is 55.7. The number of methoxy groups -OCH3 is 1. The van der Waals surface area contributed by atoms with Crippen LogP contribution in [0.25, 0.3) is 0 Å². The second-order valence-corrected chi connectivity index (χ2v) is 12.3. The lowest BCUT2D eigenvalue weighted by atomic mass is 9.83. The van der Waals surface area contributed by atoms with E-state index in [1.54, 1.807) is 49.6 Å². The number of para-hydroxylation sites is 1. The summed E-state index contributed by atoms with van der Waals surface area (Å²) in [5.74, 6) is -1.76. The molecule has 4 aromatic rings. The molecule has 208 valence electrons. The fourth-order valence-corrected chi connectivity index (χ4v) is 8.22. The Kier molecular flexibility index (Phi) is 7.23. The van der Waals surface area contributed by atoms with Crippen LogP contribution < -0.4 is 19.8 Å². The third-order valence-corrected chi connectivity index (χ3v) is 10.2. The Labute approximate surface area is 248 Å². The van der Waals surface area contributed by atoms with Gasteiger partial charge in [0, 0.05) is 21.5 Å². The summed E-state index contributed by atoms with van der Waals surface area (Å²) in [5, 5.41) is 3.15. The predicted octanol–water partition coefficient (Wildman–Crippen LogP) is 5.31. The van der Waals surface area contributed by atoms with Gasteiger partial charge in [-0.1, -0.05) is 65.0 Å². The van der Waals surface area contributed by atoms with Crippen molar-refractivity contribution in [2.24, 2.45) is 5.92 Å². The van der Waals surface area contributed by atoms with Crippen LogP contribution in [0, 0.1) is 12.8 Å². The molecule has 0 bridgehead atoms. The van der Waals surface area contributed by atoms with Crippen molar-refractivity contribution in [3.05, 3.63) is 103 Å². The smallest absolute Gasteiger partial charge is 0.308 e. The molecule has 3 atom stereocenters. The van der Waals surface area contributed by atoms with Crippen molar-refractivity contribution in [2.45, 2.75) is 29.7 Å². The molecular formula is C30H24ClN3O5S2. The Bertz CT molecular complexity index is 1730. The average molecular weight is 606 g/mol. The highest BCUT2D eigenvalue weighted by atomic mass is 35.5. The van der Waals surface area contributed by atoms with Gasteiger partial charge in [-0.05, 0) is 60.5 Å². The van der Waals surface area contributed by atoms with E-state index in [9.17, 15) is 19.2 Å². The van der Waals surface area contributed by atoms with Gasteiger partial charge in [0.25, 0.3) is 0 Å². The molecule has 0 saturated carbocycles. The SMILES string of the molecule is COc1ccc(N2C(=O)C3Sc4c(sc(=O)n4CC(=O)Nc4ccccc4C)C(c4ccc(Cl)cc4)C3C2=O)cc1. The minimum atomic E-state index is -0.780. The van der Waals surface area contributed by atoms with E-state index in [1.165, 1.54) is 21.2 Å². The predicted molar refractivity (Wildman–Crippen MR) is 160 cm³/mol. The monoisotopic (exact) mass is 605 g/mol. The molecule has 11 heteroatoms. The van der Waals surface area contributed by atoms with Gasteiger partial charge in [0.2, 0.25) is 17.7 Å². The number of thiazole rings is 1. The summed E-state index contributed by atoms with van der Waals surface area (Å²) >= 11 is 8.35. The van der Waals surface area contributed by atoms with E-state index in [2.05, 4.69) is 5.32 Å². The van der Waals surface area contributed by atoms with Crippen molar-refractivity contribution in [3.8, 4) is 5.75 Å². The first kappa shape index (κ1) is 27.3. The number of fused-ring (bicyclic) bond motifs is 2. The van der Waals surface area contributed by atoms with Gasteiger partial charge in [-0.25, -0.2) is 4.90 Å². The van der Waals surface area contributed by atoms with Crippen molar-refractivity contribution in [2.75, 3.05) is 17.3 Å². The van der Waals surface area contributed by atoms with Crippen LogP contribution in [-0.2, 0) is 20.9 Å². The second kappa shape index (κ2) is 10.8. The normalized spacial score (nSPS) is 19.6. The Morgan fingerprint density at radius 3 is 2.37 bits per heavy atom. The Balaban J connectivity index is 1.40. The summed E-state index contributed by atoms with van der Waals surface area (Å²) in [7, 11) is 1.54. The number of ether oxygens (including phenoxy) is 1. The maximum Gasteiger partial charge on any atom is 0.308 e. The molecule has 0 spiro atoms. The first-order valence-corrected chi connectivity index (χ1v) is 14.9. The molecule has 1 fully saturated rings. The van der Waals surface area contributed by atoms with Crippen molar-refractivity contribution in [1.29, 1.82) is 0 Å². The molecule has 0 aliphatic carbocycles. The number of hydrogen-bond donors (Lipinski definition) is 1. The summed E-state index contributed by atoms with van der Waals surface area (Å²) in [6.45, 7) is 1.67. The number of aromatic nitrogens is 1. The quantitative estimate of drug-likeness (QED) is 0.299. The highest BCUT2D eigenvalue weighted by Crippen LogP contribution is 2.54. The molecule has 2 aliphatic rings. The van der Waals surface area contributed by atoms with Crippen molar-refractivity contribution < 1.29 is 19.1 Å². The Morgan fingerprint density at radius 2 is 1.68 bits per heavy atom.